The molecule has 3 rings (SSSR count). The molecule has 1 aromatic carbocycles. The first-order chi connectivity index (χ1) is 10.2. The highest BCUT2D eigenvalue weighted by Gasteiger charge is 2.35. The second-order valence-electron chi connectivity index (χ2n) is 6.18. The summed E-state index contributed by atoms with van der Waals surface area (Å²) >= 11 is 0. The van der Waals surface area contributed by atoms with Crippen LogP contribution in [0.2, 0.25) is 0 Å². The lowest BCUT2D eigenvalue weighted by molar-refractivity contribution is 0.0595. The van der Waals surface area contributed by atoms with Crippen molar-refractivity contribution >= 4 is 5.97 Å². The lowest BCUT2D eigenvalue weighted by Crippen LogP contribution is -2.34. The number of methoxy groups -OCH3 is 1. The zero-order chi connectivity index (χ0) is 14.8. The minimum Gasteiger partial charge on any atom is -0.465 e. The number of hydrogen-bond donors (Lipinski definition) is 0. The van der Waals surface area contributed by atoms with E-state index in [0.29, 0.717) is 6.04 Å². The van der Waals surface area contributed by atoms with Crippen molar-refractivity contribution in [2.24, 2.45) is 5.92 Å². The zero-order valence-corrected chi connectivity index (χ0v) is 12.5. The molecule has 2 aliphatic rings. The fourth-order valence-corrected chi connectivity index (χ4v) is 3.87. The van der Waals surface area contributed by atoms with Crippen LogP contribution in [-0.4, -0.2) is 30.6 Å². The van der Waals surface area contributed by atoms with Crippen LogP contribution in [0.15, 0.2) is 18.2 Å². The van der Waals surface area contributed by atoms with Crippen LogP contribution in [0.4, 0.5) is 4.39 Å². The Morgan fingerprint density at radius 3 is 2.90 bits per heavy atom. The topological polar surface area (TPSA) is 29.5 Å². The predicted molar refractivity (Wildman–Crippen MR) is 78.5 cm³/mol. The van der Waals surface area contributed by atoms with E-state index in [0.717, 1.165) is 24.6 Å². The summed E-state index contributed by atoms with van der Waals surface area (Å²) in [5, 5.41) is 0. The summed E-state index contributed by atoms with van der Waals surface area (Å²) in [5.41, 5.74) is 0.949. The van der Waals surface area contributed by atoms with Crippen LogP contribution < -0.4 is 0 Å². The van der Waals surface area contributed by atoms with Crippen LogP contribution in [-0.2, 0) is 11.3 Å². The third-order valence-corrected chi connectivity index (χ3v) is 4.95. The molecule has 21 heavy (non-hydrogen) atoms. The van der Waals surface area contributed by atoms with Crippen LogP contribution in [0.25, 0.3) is 0 Å². The second kappa shape index (κ2) is 6.14. The van der Waals surface area contributed by atoms with E-state index in [9.17, 15) is 9.18 Å². The predicted octanol–water partition coefficient (Wildman–Crippen LogP) is 3.38. The standard InChI is InChI=1S/C17H22FNO2/c1-21-17(20)14-7-6-12(10-15(14)18)11-19-9-8-13-4-2-3-5-16(13)19/h6-7,10,13,16H,2-5,8-9,11H2,1H3. The number of fused-ring (bicyclic) bond motifs is 1. The summed E-state index contributed by atoms with van der Waals surface area (Å²) in [6.07, 6.45) is 6.56. The van der Waals surface area contributed by atoms with E-state index in [2.05, 4.69) is 9.64 Å². The van der Waals surface area contributed by atoms with Crippen molar-refractivity contribution in [2.45, 2.75) is 44.7 Å². The number of halogens is 1. The van der Waals surface area contributed by atoms with Crippen LogP contribution in [0, 0.1) is 11.7 Å². The molecule has 1 aromatic rings. The van der Waals surface area contributed by atoms with Gasteiger partial charge < -0.3 is 4.74 Å². The average Bonchev–Trinajstić information content (AvgIpc) is 2.90. The van der Waals surface area contributed by atoms with E-state index in [4.69, 9.17) is 0 Å². The highest BCUT2D eigenvalue weighted by Crippen LogP contribution is 2.36. The van der Waals surface area contributed by atoms with Gasteiger partial charge in [-0.25, -0.2) is 9.18 Å². The van der Waals surface area contributed by atoms with Gasteiger partial charge in [0.1, 0.15) is 5.82 Å². The van der Waals surface area contributed by atoms with E-state index in [1.165, 1.54) is 51.3 Å². The molecular formula is C17H22FNO2. The molecule has 2 atom stereocenters. The minimum absolute atomic E-state index is 0.0122. The molecule has 0 aromatic heterocycles. The molecule has 3 nitrogen and oxygen atoms in total. The molecule has 1 heterocycles. The summed E-state index contributed by atoms with van der Waals surface area (Å²) in [5.74, 6) is -0.274. The van der Waals surface area contributed by atoms with Crippen LogP contribution in [0.3, 0.4) is 0 Å². The number of carbonyl (C=O) groups excluding carboxylic acids is 1. The van der Waals surface area contributed by atoms with Crippen molar-refractivity contribution in [3.05, 3.63) is 35.1 Å². The number of benzene rings is 1. The molecule has 2 unspecified atom stereocenters. The maximum Gasteiger partial charge on any atom is 0.340 e. The number of rotatable bonds is 3. The maximum atomic E-state index is 14.0. The molecule has 1 saturated heterocycles. The van der Waals surface area contributed by atoms with Crippen molar-refractivity contribution in [3.63, 3.8) is 0 Å². The highest BCUT2D eigenvalue weighted by atomic mass is 19.1. The maximum absolute atomic E-state index is 14.0. The number of esters is 1. The molecule has 2 fully saturated rings. The number of ether oxygens (including phenoxy) is 1. The first kappa shape index (κ1) is 14.5. The quantitative estimate of drug-likeness (QED) is 0.800. The van der Waals surface area contributed by atoms with E-state index in [1.54, 1.807) is 0 Å². The molecule has 0 amide bonds. The van der Waals surface area contributed by atoms with Gasteiger partial charge in [0.15, 0.2) is 0 Å². The summed E-state index contributed by atoms with van der Waals surface area (Å²) in [6, 6.07) is 5.51. The van der Waals surface area contributed by atoms with E-state index >= 15 is 0 Å². The number of carbonyl (C=O) groups is 1. The van der Waals surface area contributed by atoms with E-state index < -0.39 is 11.8 Å². The normalized spacial score (nSPS) is 25.6. The average molecular weight is 291 g/mol. The molecule has 1 aliphatic carbocycles. The summed E-state index contributed by atoms with van der Waals surface area (Å²) in [6.45, 7) is 1.88. The SMILES string of the molecule is COC(=O)c1ccc(CN2CCC3CCCCC32)cc1F. The third kappa shape index (κ3) is 2.95. The van der Waals surface area contributed by atoms with Gasteiger partial charge in [0.25, 0.3) is 0 Å². The van der Waals surface area contributed by atoms with Gasteiger partial charge in [-0.05, 0) is 49.4 Å². The van der Waals surface area contributed by atoms with Crippen LogP contribution >= 0.6 is 0 Å². The largest absolute Gasteiger partial charge is 0.465 e. The number of nitrogens with zero attached hydrogens (tertiary/aromatic N) is 1. The van der Waals surface area contributed by atoms with Crippen molar-refractivity contribution in [1.82, 2.24) is 4.90 Å². The number of likely N-dealkylation sites (tertiary alicyclic amines) is 1. The molecule has 0 spiro atoms. The smallest absolute Gasteiger partial charge is 0.340 e. The van der Waals surface area contributed by atoms with Gasteiger partial charge in [-0.3, -0.25) is 4.90 Å². The Kier molecular flexibility index (Phi) is 4.24. The van der Waals surface area contributed by atoms with Gasteiger partial charge in [0.2, 0.25) is 0 Å². The van der Waals surface area contributed by atoms with Gasteiger partial charge in [-0.1, -0.05) is 18.9 Å². The third-order valence-electron chi connectivity index (χ3n) is 4.95. The Balaban J connectivity index is 1.70. The van der Waals surface area contributed by atoms with Gasteiger partial charge in [0.05, 0.1) is 12.7 Å². The summed E-state index contributed by atoms with van der Waals surface area (Å²) in [4.78, 5) is 13.9. The second-order valence-corrected chi connectivity index (χ2v) is 6.18. The Morgan fingerprint density at radius 1 is 1.33 bits per heavy atom. The molecule has 0 N–H and O–H groups in total. The molecule has 0 bridgehead atoms. The molecule has 114 valence electrons. The molecular weight excluding hydrogens is 269 g/mol. The Morgan fingerprint density at radius 2 is 2.14 bits per heavy atom. The Hall–Kier alpha value is -1.42. The Labute approximate surface area is 125 Å². The van der Waals surface area contributed by atoms with Crippen LogP contribution in [0.1, 0.15) is 48.0 Å². The summed E-state index contributed by atoms with van der Waals surface area (Å²) in [7, 11) is 1.27. The highest BCUT2D eigenvalue weighted by molar-refractivity contribution is 5.89. The van der Waals surface area contributed by atoms with Gasteiger partial charge in [-0.2, -0.15) is 0 Å². The minimum atomic E-state index is -0.618. The Bertz CT molecular complexity index is 532. The zero-order valence-electron chi connectivity index (χ0n) is 12.5. The first-order valence-corrected chi connectivity index (χ1v) is 7.80. The summed E-state index contributed by atoms with van der Waals surface area (Å²) < 4.78 is 18.5. The van der Waals surface area contributed by atoms with Gasteiger partial charge >= 0.3 is 5.97 Å². The van der Waals surface area contributed by atoms with E-state index in [-0.39, 0.29) is 5.56 Å². The molecule has 1 aliphatic heterocycles. The lowest BCUT2D eigenvalue weighted by Gasteiger charge is -2.31. The van der Waals surface area contributed by atoms with Gasteiger partial charge in [0, 0.05) is 12.6 Å². The molecule has 0 radical (unpaired) electrons. The fraction of sp³-hybridized carbons (Fsp3) is 0.588. The van der Waals surface area contributed by atoms with Crippen molar-refractivity contribution in [1.29, 1.82) is 0 Å². The molecule has 4 heteroatoms. The van der Waals surface area contributed by atoms with E-state index in [1.807, 2.05) is 6.07 Å². The monoisotopic (exact) mass is 291 g/mol. The molecule has 1 saturated carbocycles. The van der Waals surface area contributed by atoms with Crippen molar-refractivity contribution in [2.75, 3.05) is 13.7 Å². The van der Waals surface area contributed by atoms with Crippen LogP contribution in [0.5, 0.6) is 0 Å². The first-order valence-electron chi connectivity index (χ1n) is 7.80. The van der Waals surface area contributed by atoms with Crippen molar-refractivity contribution in [3.8, 4) is 0 Å². The van der Waals surface area contributed by atoms with Crippen molar-refractivity contribution < 1.29 is 13.9 Å². The lowest BCUT2D eigenvalue weighted by atomic mass is 9.85. The number of hydrogen-bond acceptors (Lipinski definition) is 3. The van der Waals surface area contributed by atoms with Gasteiger partial charge in [-0.15, -0.1) is 0 Å². The fourth-order valence-electron chi connectivity index (χ4n) is 3.87.